The van der Waals surface area contributed by atoms with E-state index in [0.29, 0.717) is 6.54 Å². The largest absolute Gasteiger partial charge is 0.356 e. The Hall–Kier alpha value is -0.650. The first kappa shape index (κ1) is 11.8. The third-order valence-electron chi connectivity index (χ3n) is 2.27. The van der Waals surface area contributed by atoms with Crippen molar-refractivity contribution in [2.24, 2.45) is 0 Å². The van der Waals surface area contributed by atoms with Gasteiger partial charge in [-0.3, -0.25) is 0 Å². The monoisotopic (exact) mass is 268 g/mol. The van der Waals surface area contributed by atoms with Gasteiger partial charge in [-0.25, -0.2) is 0 Å². The lowest BCUT2D eigenvalue weighted by molar-refractivity contribution is 0.762. The van der Waals surface area contributed by atoms with Crippen LogP contribution in [0.25, 0.3) is 0 Å². The van der Waals surface area contributed by atoms with Crippen molar-refractivity contribution in [1.82, 2.24) is 10.2 Å². The van der Waals surface area contributed by atoms with E-state index >= 15 is 0 Å². The Labute approximate surface area is 110 Å². The maximum atomic E-state index is 5.21. The quantitative estimate of drug-likeness (QED) is 0.841. The van der Waals surface area contributed by atoms with Gasteiger partial charge in [-0.15, -0.1) is 11.8 Å². The second-order valence-electron chi connectivity index (χ2n) is 3.44. The number of thioether (sulfide) groups is 1. The van der Waals surface area contributed by atoms with Crippen LogP contribution in [0.1, 0.15) is 5.56 Å². The Morgan fingerprint density at radius 3 is 2.62 bits per heavy atom. The molecule has 1 aliphatic heterocycles. The van der Waals surface area contributed by atoms with E-state index in [2.05, 4.69) is 29.6 Å². The molecule has 1 heterocycles. The van der Waals surface area contributed by atoms with Gasteiger partial charge in [-0.05, 0) is 17.8 Å². The Kier molecular flexibility index (Phi) is 4.15. The molecule has 2 rings (SSSR count). The van der Waals surface area contributed by atoms with Gasteiger partial charge in [0.2, 0.25) is 0 Å². The van der Waals surface area contributed by atoms with Gasteiger partial charge in [0.05, 0.1) is 12.4 Å². The molecule has 0 radical (unpaired) electrons. The van der Waals surface area contributed by atoms with Crippen LogP contribution in [0.15, 0.2) is 30.3 Å². The lowest BCUT2D eigenvalue weighted by Crippen LogP contribution is -2.29. The Morgan fingerprint density at radius 1 is 1.25 bits per heavy atom. The van der Waals surface area contributed by atoms with E-state index in [0.717, 1.165) is 21.7 Å². The van der Waals surface area contributed by atoms with Crippen LogP contribution in [0, 0.1) is 0 Å². The Bertz CT molecular complexity index is 375. The number of nitrogens with zero attached hydrogens (tertiary/aromatic N) is 1. The van der Waals surface area contributed by atoms with E-state index in [1.807, 2.05) is 22.7 Å². The van der Waals surface area contributed by atoms with Crippen LogP contribution in [0.4, 0.5) is 0 Å². The standard InChI is InChI=1S/C11H12N2S3/c14-10-6-12-11(15)13(10)8-16-7-9-4-2-1-3-5-9/h1-5H,6-8H2,(H,12,15). The lowest BCUT2D eigenvalue weighted by atomic mass is 10.2. The predicted molar refractivity (Wildman–Crippen MR) is 77.6 cm³/mol. The highest BCUT2D eigenvalue weighted by molar-refractivity contribution is 7.98. The summed E-state index contributed by atoms with van der Waals surface area (Å²) in [6.07, 6.45) is 0. The molecule has 0 spiro atoms. The number of nitrogens with one attached hydrogen (secondary N) is 1. The van der Waals surface area contributed by atoms with Gasteiger partial charge in [-0.1, -0.05) is 42.5 Å². The molecule has 1 N–H and O–H groups in total. The van der Waals surface area contributed by atoms with Crippen molar-refractivity contribution in [3.8, 4) is 0 Å². The fraction of sp³-hybridized carbons (Fsp3) is 0.273. The molecule has 0 atom stereocenters. The fourth-order valence-corrected chi connectivity index (χ4v) is 3.10. The molecule has 2 nitrogen and oxygen atoms in total. The topological polar surface area (TPSA) is 15.3 Å². The molecule has 0 aromatic heterocycles. The molecular formula is C11H12N2S3. The smallest absolute Gasteiger partial charge is 0.175 e. The molecule has 1 saturated heterocycles. The van der Waals surface area contributed by atoms with E-state index in [-0.39, 0.29) is 0 Å². The normalized spacial score (nSPS) is 15.4. The van der Waals surface area contributed by atoms with Gasteiger partial charge in [0.1, 0.15) is 4.99 Å². The second-order valence-corrected chi connectivity index (χ2v) is 5.26. The molecule has 0 bridgehead atoms. The summed E-state index contributed by atoms with van der Waals surface area (Å²) in [5, 5.41) is 3.83. The average molecular weight is 268 g/mol. The maximum Gasteiger partial charge on any atom is 0.175 e. The highest BCUT2D eigenvalue weighted by Gasteiger charge is 2.20. The third kappa shape index (κ3) is 2.93. The van der Waals surface area contributed by atoms with Crippen molar-refractivity contribution in [3.05, 3.63) is 35.9 Å². The molecule has 1 aromatic rings. The molecule has 1 fully saturated rings. The molecule has 0 unspecified atom stereocenters. The number of rotatable bonds is 4. The van der Waals surface area contributed by atoms with Crippen molar-refractivity contribution in [2.75, 3.05) is 12.4 Å². The SMILES string of the molecule is S=C1CNC(=S)N1CSCc1ccccc1. The first-order chi connectivity index (χ1) is 7.77. The van der Waals surface area contributed by atoms with E-state index in [1.54, 1.807) is 0 Å². The molecule has 16 heavy (non-hydrogen) atoms. The van der Waals surface area contributed by atoms with Gasteiger partial charge in [0, 0.05) is 5.75 Å². The van der Waals surface area contributed by atoms with E-state index in [1.165, 1.54) is 5.56 Å². The van der Waals surface area contributed by atoms with Crippen LogP contribution in [0.5, 0.6) is 0 Å². The fourth-order valence-electron chi connectivity index (χ4n) is 1.41. The van der Waals surface area contributed by atoms with Crippen LogP contribution in [-0.4, -0.2) is 27.4 Å². The average Bonchev–Trinajstić information content (AvgIpc) is 2.62. The van der Waals surface area contributed by atoms with Crippen molar-refractivity contribution in [3.63, 3.8) is 0 Å². The lowest BCUT2D eigenvalue weighted by Gasteiger charge is -2.15. The molecule has 5 heteroatoms. The van der Waals surface area contributed by atoms with Crippen molar-refractivity contribution < 1.29 is 0 Å². The van der Waals surface area contributed by atoms with E-state index < -0.39 is 0 Å². The maximum absolute atomic E-state index is 5.21. The first-order valence-electron chi connectivity index (χ1n) is 4.97. The van der Waals surface area contributed by atoms with Gasteiger partial charge in [0.15, 0.2) is 5.11 Å². The van der Waals surface area contributed by atoms with Crippen LogP contribution in [-0.2, 0) is 5.75 Å². The Balaban J connectivity index is 1.80. The summed E-state index contributed by atoms with van der Waals surface area (Å²) in [4.78, 5) is 2.88. The second kappa shape index (κ2) is 5.61. The number of hydrogen-bond acceptors (Lipinski definition) is 3. The molecule has 0 aliphatic carbocycles. The summed E-state index contributed by atoms with van der Waals surface area (Å²) in [5.74, 6) is 1.82. The molecule has 84 valence electrons. The summed E-state index contributed by atoms with van der Waals surface area (Å²) in [5.41, 5.74) is 1.33. The minimum atomic E-state index is 0.708. The van der Waals surface area contributed by atoms with Crippen LogP contribution >= 0.6 is 36.2 Å². The Morgan fingerprint density at radius 2 is 2.00 bits per heavy atom. The zero-order valence-electron chi connectivity index (χ0n) is 8.68. The highest BCUT2D eigenvalue weighted by Crippen LogP contribution is 2.15. The minimum absolute atomic E-state index is 0.708. The number of thiocarbonyl (C=S) groups is 2. The summed E-state index contributed by atoms with van der Waals surface area (Å²) < 4.78 is 0. The van der Waals surface area contributed by atoms with E-state index in [9.17, 15) is 0 Å². The zero-order valence-corrected chi connectivity index (χ0v) is 11.1. The van der Waals surface area contributed by atoms with Gasteiger partial charge in [0.25, 0.3) is 0 Å². The third-order valence-corrected chi connectivity index (χ3v) is 3.98. The van der Waals surface area contributed by atoms with Crippen LogP contribution in [0.3, 0.4) is 0 Å². The van der Waals surface area contributed by atoms with Crippen LogP contribution < -0.4 is 5.32 Å². The number of benzene rings is 1. The zero-order chi connectivity index (χ0) is 11.4. The molecule has 0 saturated carbocycles. The van der Waals surface area contributed by atoms with Gasteiger partial charge >= 0.3 is 0 Å². The minimum Gasteiger partial charge on any atom is -0.356 e. The molecule has 1 aliphatic rings. The molecule has 1 aromatic carbocycles. The summed E-state index contributed by atoms with van der Waals surface area (Å²) in [6.45, 7) is 0.708. The van der Waals surface area contributed by atoms with Gasteiger partial charge in [-0.2, -0.15) is 0 Å². The van der Waals surface area contributed by atoms with Crippen LogP contribution in [0.2, 0.25) is 0 Å². The summed E-state index contributed by atoms with van der Waals surface area (Å²) in [7, 11) is 0. The van der Waals surface area contributed by atoms with Crippen molar-refractivity contribution >= 4 is 46.3 Å². The van der Waals surface area contributed by atoms with Gasteiger partial charge < -0.3 is 10.2 Å². The van der Waals surface area contributed by atoms with E-state index in [4.69, 9.17) is 24.4 Å². The highest BCUT2D eigenvalue weighted by atomic mass is 32.2. The summed E-state index contributed by atoms with van der Waals surface area (Å²) in [6, 6.07) is 10.4. The summed E-state index contributed by atoms with van der Waals surface area (Å²) >= 11 is 12.2. The van der Waals surface area contributed by atoms with Crippen molar-refractivity contribution in [1.29, 1.82) is 0 Å². The first-order valence-corrected chi connectivity index (χ1v) is 6.94. The molecule has 0 amide bonds. The number of hydrogen-bond donors (Lipinski definition) is 1. The predicted octanol–water partition coefficient (Wildman–Crippen LogP) is 2.39. The van der Waals surface area contributed by atoms with Crippen molar-refractivity contribution in [2.45, 2.75) is 5.75 Å². The molecular weight excluding hydrogens is 256 g/mol.